The summed E-state index contributed by atoms with van der Waals surface area (Å²) in [5, 5.41) is 3.55. The van der Waals surface area contributed by atoms with Crippen molar-refractivity contribution < 1.29 is 19.1 Å². The molecule has 29 heavy (non-hydrogen) atoms. The molecule has 0 radical (unpaired) electrons. The molecule has 154 valence electrons. The van der Waals surface area contributed by atoms with Crippen LogP contribution in [-0.2, 0) is 16.0 Å². The van der Waals surface area contributed by atoms with Gasteiger partial charge in [-0.25, -0.2) is 0 Å². The molecule has 0 bridgehead atoms. The molecule has 0 fully saturated rings. The zero-order valence-electron chi connectivity index (χ0n) is 16.0. The predicted molar refractivity (Wildman–Crippen MR) is 113 cm³/mol. The fraction of sp³-hybridized carbons (Fsp3) is 0.333. The third-order valence-electron chi connectivity index (χ3n) is 4.35. The van der Waals surface area contributed by atoms with Crippen molar-refractivity contribution in [2.45, 2.75) is 19.8 Å². The Morgan fingerprint density at radius 3 is 2.55 bits per heavy atom. The highest BCUT2D eigenvalue weighted by atomic mass is 35.5. The number of rotatable bonds is 7. The fourth-order valence-corrected chi connectivity index (χ4v) is 3.46. The van der Waals surface area contributed by atoms with Crippen molar-refractivity contribution in [1.82, 2.24) is 4.90 Å². The van der Waals surface area contributed by atoms with Gasteiger partial charge in [-0.1, -0.05) is 36.2 Å². The molecule has 1 N–H and O–H groups in total. The SMILES string of the molecule is CCCN(CC(=O)Nc1ccc(Cl)cc1Cl)C(=O)Cc1ccc2c(c1)OCCO2. The molecule has 0 atom stereocenters. The van der Waals surface area contributed by atoms with Crippen LogP contribution >= 0.6 is 23.2 Å². The number of benzene rings is 2. The predicted octanol–water partition coefficient (Wildman–Crippen LogP) is 4.18. The molecular weight excluding hydrogens is 415 g/mol. The summed E-state index contributed by atoms with van der Waals surface area (Å²) in [5.41, 5.74) is 1.26. The van der Waals surface area contributed by atoms with Crippen LogP contribution in [0.15, 0.2) is 36.4 Å². The van der Waals surface area contributed by atoms with Crippen molar-refractivity contribution in [3.05, 3.63) is 52.0 Å². The summed E-state index contributed by atoms with van der Waals surface area (Å²) in [6, 6.07) is 10.3. The summed E-state index contributed by atoms with van der Waals surface area (Å²) < 4.78 is 11.1. The third kappa shape index (κ3) is 5.78. The summed E-state index contributed by atoms with van der Waals surface area (Å²) in [6.45, 7) is 3.38. The van der Waals surface area contributed by atoms with Crippen LogP contribution in [0.2, 0.25) is 10.0 Å². The van der Waals surface area contributed by atoms with Crippen molar-refractivity contribution >= 4 is 40.7 Å². The van der Waals surface area contributed by atoms with Gasteiger partial charge in [0.25, 0.3) is 0 Å². The van der Waals surface area contributed by atoms with Crippen LogP contribution in [0.1, 0.15) is 18.9 Å². The van der Waals surface area contributed by atoms with Gasteiger partial charge >= 0.3 is 0 Å². The number of hydrogen-bond donors (Lipinski definition) is 1. The topological polar surface area (TPSA) is 67.9 Å². The van der Waals surface area contributed by atoms with E-state index in [2.05, 4.69) is 5.32 Å². The number of halogens is 2. The maximum Gasteiger partial charge on any atom is 0.244 e. The van der Waals surface area contributed by atoms with Gasteiger partial charge in [-0.15, -0.1) is 0 Å². The Morgan fingerprint density at radius 2 is 1.83 bits per heavy atom. The molecular formula is C21H22Cl2N2O4. The first-order valence-corrected chi connectivity index (χ1v) is 10.1. The van der Waals surface area contributed by atoms with Gasteiger partial charge in [0.05, 0.1) is 23.7 Å². The Kier molecular flexibility index (Phi) is 7.23. The van der Waals surface area contributed by atoms with E-state index in [1.165, 1.54) is 4.90 Å². The minimum Gasteiger partial charge on any atom is -0.486 e. The Morgan fingerprint density at radius 1 is 1.07 bits per heavy atom. The van der Waals surface area contributed by atoms with Crippen LogP contribution in [0.3, 0.4) is 0 Å². The average molecular weight is 437 g/mol. The van der Waals surface area contributed by atoms with Gasteiger partial charge in [0.1, 0.15) is 13.2 Å². The van der Waals surface area contributed by atoms with E-state index in [9.17, 15) is 9.59 Å². The number of anilines is 1. The van der Waals surface area contributed by atoms with E-state index in [0.29, 0.717) is 47.0 Å². The first-order chi connectivity index (χ1) is 14.0. The lowest BCUT2D eigenvalue weighted by Crippen LogP contribution is -2.39. The zero-order chi connectivity index (χ0) is 20.8. The van der Waals surface area contributed by atoms with Gasteiger partial charge in [0, 0.05) is 11.6 Å². The third-order valence-corrected chi connectivity index (χ3v) is 4.90. The van der Waals surface area contributed by atoms with Crippen molar-refractivity contribution in [2.24, 2.45) is 0 Å². The second kappa shape index (κ2) is 9.85. The highest BCUT2D eigenvalue weighted by Crippen LogP contribution is 2.31. The quantitative estimate of drug-likeness (QED) is 0.706. The van der Waals surface area contributed by atoms with Crippen LogP contribution < -0.4 is 14.8 Å². The lowest BCUT2D eigenvalue weighted by atomic mass is 10.1. The summed E-state index contributed by atoms with van der Waals surface area (Å²) >= 11 is 12.0. The molecule has 6 nitrogen and oxygen atoms in total. The fourth-order valence-electron chi connectivity index (χ4n) is 3.00. The van der Waals surface area contributed by atoms with E-state index in [1.807, 2.05) is 19.1 Å². The van der Waals surface area contributed by atoms with Crippen LogP contribution in [0.4, 0.5) is 5.69 Å². The lowest BCUT2D eigenvalue weighted by Gasteiger charge is -2.23. The Hall–Kier alpha value is -2.44. The molecule has 0 unspecified atom stereocenters. The molecule has 2 aromatic carbocycles. The number of carbonyl (C=O) groups excluding carboxylic acids is 2. The molecule has 8 heteroatoms. The average Bonchev–Trinajstić information content (AvgIpc) is 2.69. The summed E-state index contributed by atoms with van der Waals surface area (Å²) in [5.74, 6) is 0.856. The summed E-state index contributed by atoms with van der Waals surface area (Å²) in [4.78, 5) is 26.8. The molecule has 0 aromatic heterocycles. The molecule has 2 aromatic rings. The van der Waals surface area contributed by atoms with Crippen molar-refractivity contribution in [3.63, 3.8) is 0 Å². The summed E-state index contributed by atoms with van der Waals surface area (Å²) in [6.07, 6.45) is 0.910. The molecule has 0 saturated carbocycles. The van der Waals surface area contributed by atoms with E-state index in [-0.39, 0.29) is 24.8 Å². The van der Waals surface area contributed by atoms with E-state index in [0.717, 1.165) is 12.0 Å². The van der Waals surface area contributed by atoms with Gasteiger partial charge in [0.15, 0.2) is 11.5 Å². The van der Waals surface area contributed by atoms with Crippen LogP contribution in [0, 0.1) is 0 Å². The second-order valence-corrected chi connectivity index (χ2v) is 7.49. The highest BCUT2D eigenvalue weighted by molar-refractivity contribution is 6.36. The molecule has 0 aliphatic carbocycles. The largest absolute Gasteiger partial charge is 0.486 e. The normalized spacial score (nSPS) is 12.4. The van der Waals surface area contributed by atoms with E-state index in [1.54, 1.807) is 24.3 Å². The van der Waals surface area contributed by atoms with Gasteiger partial charge in [-0.3, -0.25) is 9.59 Å². The molecule has 2 amide bonds. The molecule has 1 aliphatic rings. The number of amides is 2. The molecule has 0 saturated heterocycles. The number of hydrogen-bond acceptors (Lipinski definition) is 4. The first-order valence-electron chi connectivity index (χ1n) is 9.37. The van der Waals surface area contributed by atoms with E-state index in [4.69, 9.17) is 32.7 Å². The molecule has 1 heterocycles. The number of nitrogens with one attached hydrogen (secondary N) is 1. The lowest BCUT2D eigenvalue weighted by molar-refractivity contribution is -0.134. The van der Waals surface area contributed by atoms with Crippen LogP contribution in [-0.4, -0.2) is 43.0 Å². The van der Waals surface area contributed by atoms with Gasteiger partial charge < -0.3 is 19.7 Å². The second-order valence-electron chi connectivity index (χ2n) is 6.64. The van der Waals surface area contributed by atoms with Crippen molar-refractivity contribution in [3.8, 4) is 11.5 Å². The maximum absolute atomic E-state index is 12.8. The van der Waals surface area contributed by atoms with E-state index < -0.39 is 0 Å². The van der Waals surface area contributed by atoms with Crippen molar-refractivity contribution in [2.75, 3.05) is 31.6 Å². The van der Waals surface area contributed by atoms with Gasteiger partial charge in [-0.05, 0) is 42.3 Å². The zero-order valence-corrected chi connectivity index (χ0v) is 17.6. The smallest absolute Gasteiger partial charge is 0.244 e. The Bertz CT molecular complexity index is 904. The van der Waals surface area contributed by atoms with Crippen LogP contribution in [0.25, 0.3) is 0 Å². The first kappa shape index (κ1) is 21.3. The summed E-state index contributed by atoms with van der Waals surface area (Å²) in [7, 11) is 0. The molecule has 0 spiro atoms. The van der Waals surface area contributed by atoms with Crippen LogP contribution in [0.5, 0.6) is 11.5 Å². The highest BCUT2D eigenvalue weighted by Gasteiger charge is 2.19. The molecule has 1 aliphatic heterocycles. The number of fused-ring (bicyclic) bond motifs is 1. The Balaban J connectivity index is 1.63. The minimum absolute atomic E-state index is 0.0593. The number of ether oxygens (including phenoxy) is 2. The molecule has 3 rings (SSSR count). The van der Waals surface area contributed by atoms with Gasteiger partial charge in [-0.2, -0.15) is 0 Å². The standard InChI is InChI=1S/C21H22Cl2N2O4/c1-2-7-25(13-20(26)24-17-5-4-15(22)12-16(17)23)21(27)11-14-3-6-18-19(10-14)29-9-8-28-18/h3-6,10,12H,2,7-9,11,13H2,1H3,(H,24,26). The maximum atomic E-state index is 12.8. The van der Waals surface area contributed by atoms with Gasteiger partial charge in [0.2, 0.25) is 11.8 Å². The minimum atomic E-state index is -0.321. The number of carbonyl (C=O) groups is 2. The monoisotopic (exact) mass is 436 g/mol. The Labute approximate surface area is 179 Å². The number of nitrogens with zero attached hydrogens (tertiary/aromatic N) is 1. The van der Waals surface area contributed by atoms with E-state index >= 15 is 0 Å². The van der Waals surface area contributed by atoms with Crippen molar-refractivity contribution in [1.29, 1.82) is 0 Å².